The quantitative estimate of drug-likeness (QED) is 0.216. The number of nitrogens with one attached hydrogen (secondary N) is 1. The largest absolute Gasteiger partial charge is 0.340 e. The van der Waals surface area contributed by atoms with Gasteiger partial charge < -0.3 is 9.88 Å². The molecule has 0 atom stereocenters. The Morgan fingerprint density at radius 1 is 1.18 bits per heavy atom. The number of halogens is 1. The van der Waals surface area contributed by atoms with Crippen molar-refractivity contribution in [2.24, 2.45) is 0 Å². The molecule has 0 radical (unpaired) electrons. The third kappa shape index (κ3) is 6.46. The minimum atomic E-state index is -0.512. The summed E-state index contributed by atoms with van der Waals surface area (Å²) in [5.74, 6) is 0.435. The summed E-state index contributed by atoms with van der Waals surface area (Å²) < 4.78 is 2.38. The predicted molar refractivity (Wildman–Crippen MR) is 139 cm³/mol. The number of hydrogen-bond acceptors (Lipinski definition) is 3. The predicted octanol–water partition coefficient (Wildman–Crippen LogP) is 6.93. The molecule has 1 heterocycles. The molecule has 3 rings (SSSR count). The van der Waals surface area contributed by atoms with Crippen LogP contribution >= 0.6 is 23.4 Å². The van der Waals surface area contributed by atoms with Crippen LogP contribution < -0.4 is 5.32 Å². The first kappa shape index (κ1) is 25.5. The van der Waals surface area contributed by atoms with Gasteiger partial charge in [0.2, 0.25) is 0 Å². The van der Waals surface area contributed by atoms with Crippen molar-refractivity contribution in [2.75, 3.05) is 13.6 Å². The Kier molecular flexibility index (Phi) is 8.04. The lowest BCUT2D eigenvalue weighted by molar-refractivity contribution is -0.0181. The van der Waals surface area contributed by atoms with Gasteiger partial charge in [-0.05, 0) is 41.3 Å². The first-order valence-electron chi connectivity index (χ1n) is 11.2. The fraction of sp³-hybridized carbons (Fsp3) is 0.423. The summed E-state index contributed by atoms with van der Waals surface area (Å²) in [5, 5.41) is 14.7. The van der Waals surface area contributed by atoms with E-state index in [-0.39, 0.29) is 4.75 Å². The van der Waals surface area contributed by atoms with Gasteiger partial charge >= 0.3 is 6.03 Å². The Hall–Kier alpha value is -2.15. The number of rotatable bonds is 7. The number of carbonyl (C=O) groups excluding carboxylic acids is 1. The molecule has 2 N–H and O–H groups in total. The van der Waals surface area contributed by atoms with E-state index in [1.54, 1.807) is 0 Å². The number of hydrogen-bond donors (Lipinski definition) is 2. The van der Waals surface area contributed by atoms with Gasteiger partial charge in [0.25, 0.3) is 0 Å². The molecule has 0 saturated carbocycles. The Bertz CT molecular complexity index is 1120. The van der Waals surface area contributed by atoms with E-state index in [0.717, 1.165) is 10.6 Å². The van der Waals surface area contributed by atoms with Crippen LogP contribution in [-0.4, -0.2) is 39.2 Å². The molecule has 2 aromatic carbocycles. The van der Waals surface area contributed by atoms with E-state index in [1.807, 2.05) is 23.9 Å². The second-order valence-corrected chi connectivity index (χ2v) is 11.9. The van der Waals surface area contributed by atoms with Crippen molar-refractivity contribution >= 4 is 40.3 Å². The molecule has 0 bridgehead atoms. The molecule has 1 aromatic heterocycles. The molecule has 3 aromatic rings. The molecule has 7 heteroatoms. The van der Waals surface area contributed by atoms with Gasteiger partial charge in [0.1, 0.15) is 0 Å². The lowest BCUT2D eigenvalue weighted by Gasteiger charge is -2.20. The molecule has 0 unspecified atom stereocenters. The molecule has 0 fully saturated rings. The Balaban J connectivity index is 2.13. The SMILES string of the molecule is CC(C)c1ccc2c(c1)c(SC(C)(C)C)c(CCNC(=O)N(C)O)n2Cc1ccc(Cl)cc1. The molecule has 0 aliphatic carbocycles. The lowest BCUT2D eigenvalue weighted by atomic mass is 10.0. The molecular weight excluding hydrogens is 454 g/mol. The monoisotopic (exact) mass is 487 g/mol. The van der Waals surface area contributed by atoms with Crippen LogP contribution in [-0.2, 0) is 13.0 Å². The maximum atomic E-state index is 11.9. The molecule has 0 aliphatic heterocycles. The number of urea groups is 1. The van der Waals surface area contributed by atoms with Gasteiger partial charge in [-0.1, -0.05) is 64.4 Å². The van der Waals surface area contributed by atoms with E-state index in [2.05, 4.69) is 74.8 Å². The van der Waals surface area contributed by atoms with E-state index < -0.39 is 6.03 Å². The summed E-state index contributed by atoms with van der Waals surface area (Å²) in [6, 6.07) is 14.2. The summed E-state index contributed by atoms with van der Waals surface area (Å²) >= 11 is 7.98. The first-order chi connectivity index (χ1) is 15.5. The fourth-order valence-corrected chi connectivity index (χ4v) is 5.12. The van der Waals surface area contributed by atoms with Crippen molar-refractivity contribution < 1.29 is 10.0 Å². The van der Waals surface area contributed by atoms with Gasteiger partial charge in [0, 0.05) is 57.8 Å². The van der Waals surface area contributed by atoms with Crippen LogP contribution in [0.25, 0.3) is 10.9 Å². The minimum Gasteiger partial charge on any atom is -0.339 e. The number of nitrogens with zero attached hydrogens (tertiary/aromatic N) is 2. The van der Waals surface area contributed by atoms with Crippen molar-refractivity contribution in [3.05, 3.63) is 64.3 Å². The van der Waals surface area contributed by atoms with Crippen molar-refractivity contribution in [2.45, 2.75) is 63.1 Å². The van der Waals surface area contributed by atoms with Gasteiger partial charge in [0.15, 0.2) is 0 Å². The normalized spacial score (nSPS) is 11.9. The van der Waals surface area contributed by atoms with Gasteiger partial charge in [-0.2, -0.15) is 0 Å². The van der Waals surface area contributed by atoms with Crippen LogP contribution in [0.2, 0.25) is 5.02 Å². The van der Waals surface area contributed by atoms with Crippen LogP contribution in [0.15, 0.2) is 47.4 Å². The summed E-state index contributed by atoms with van der Waals surface area (Å²) in [6.45, 7) is 12.2. The van der Waals surface area contributed by atoms with E-state index in [4.69, 9.17) is 11.6 Å². The molecular formula is C26H34ClN3O2S. The Morgan fingerprint density at radius 3 is 2.42 bits per heavy atom. The van der Waals surface area contributed by atoms with Gasteiger partial charge in [-0.15, -0.1) is 11.8 Å². The molecule has 0 spiro atoms. The summed E-state index contributed by atoms with van der Waals surface area (Å²) in [5.41, 5.74) is 4.84. The zero-order valence-corrected chi connectivity index (χ0v) is 21.8. The number of carbonyl (C=O) groups is 1. The van der Waals surface area contributed by atoms with Crippen LogP contribution in [0.5, 0.6) is 0 Å². The van der Waals surface area contributed by atoms with E-state index in [0.29, 0.717) is 30.5 Å². The van der Waals surface area contributed by atoms with E-state index >= 15 is 0 Å². The highest BCUT2D eigenvalue weighted by Gasteiger charge is 2.23. The summed E-state index contributed by atoms with van der Waals surface area (Å²) in [6.07, 6.45) is 0.650. The maximum absolute atomic E-state index is 11.9. The highest BCUT2D eigenvalue weighted by Crippen LogP contribution is 2.42. The Labute approximate surface area is 206 Å². The van der Waals surface area contributed by atoms with Crippen LogP contribution in [0.3, 0.4) is 0 Å². The zero-order chi connectivity index (χ0) is 24.3. The van der Waals surface area contributed by atoms with Crippen molar-refractivity contribution in [1.82, 2.24) is 14.9 Å². The topological polar surface area (TPSA) is 57.5 Å². The molecule has 0 aliphatic rings. The first-order valence-corrected chi connectivity index (χ1v) is 12.4. The van der Waals surface area contributed by atoms with Gasteiger partial charge in [-0.3, -0.25) is 5.21 Å². The van der Waals surface area contributed by atoms with Crippen LogP contribution in [0.1, 0.15) is 57.4 Å². The smallest absolute Gasteiger partial charge is 0.339 e. The highest BCUT2D eigenvalue weighted by atomic mass is 35.5. The minimum absolute atomic E-state index is 0.0243. The van der Waals surface area contributed by atoms with Gasteiger partial charge in [-0.25, -0.2) is 9.86 Å². The molecule has 5 nitrogen and oxygen atoms in total. The maximum Gasteiger partial charge on any atom is 0.340 e. The average Bonchev–Trinajstić information content (AvgIpc) is 3.00. The van der Waals surface area contributed by atoms with Crippen molar-refractivity contribution in [3.8, 4) is 0 Å². The van der Waals surface area contributed by atoms with Crippen molar-refractivity contribution in [1.29, 1.82) is 0 Å². The number of benzene rings is 2. The summed E-state index contributed by atoms with van der Waals surface area (Å²) in [7, 11) is 1.32. The van der Waals surface area contributed by atoms with Crippen molar-refractivity contribution in [3.63, 3.8) is 0 Å². The van der Waals surface area contributed by atoms with Crippen LogP contribution in [0.4, 0.5) is 4.79 Å². The second kappa shape index (κ2) is 10.4. The van der Waals surface area contributed by atoms with E-state index in [1.165, 1.54) is 34.1 Å². The fourth-order valence-electron chi connectivity index (χ4n) is 3.78. The third-order valence-corrected chi connectivity index (χ3v) is 6.93. The summed E-state index contributed by atoms with van der Waals surface area (Å²) in [4.78, 5) is 13.1. The zero-order valence-electron chi connectivity index (χ0n) is 20.3. The average molecular weight is 488 g/mol. The molecule has 33 heavy (non-hydrogen) atoms. The highest BCUT2D eigenvalue weighted by molar-refractivity contribution is 8.00. The number of amides is 2. The number of thioether (sulfide) groups is 1. The van der Waals surface area contributed by atoms with Crippen LogP contribution in [0, 0.1) is 0 Å². The third-order valence-electron chi connectivity index (χ3n) is 5.40. The van der Waals surface area contributed by atoms with Gasteiger partial charge in [0.05, 0.1) is 0 Å². The number of aromatic nitrogens is 1. The molecule has 0 saturated heterocycles. The lowest BCUT2D eigenvalue weighted by Crippen LogP contribution is -2.36. The standard InChI is InChI=1S/C26H34ClN3O2S/c1-17(2)19-9-12-22-21(15-19)24(33-26(3,4)5)23(13-14-28-25(31)29(6)32)30(22)16-18-7-10-20(27)11-8-18/h7-12,15,17,32H,13-14,16H2,1-6H3,(H,28,31). The van der Waals surface area contributed by atoms with E-state index in [9.17, 15) is 10.0 Å². The Morgan fingerprint density at radius 2 is 1.85 bits per heavy atom. The number of fused-ring (bicyclic) bond motifs is 1. The molecule has 2 amide bonds. The molecule has 178 valence electrons. The number of hydroxylamine groups is 2. The second-order valence-electron chi connectivity index (χ2n) is 9.64.